The number of alkyl halides is 1. The van der Waals surface area contributed by atoms with Crippen LogP contribution in [-0.2, 0) is 16.0 Å². The number of hydrogen-bond acceptors (Lipinski definition) is 4. The van der Waals surface area contributed by atoms with Crippen molar-refractivity contribution >= 4 is 51.7 Å². The number of hydrogen-bond donors (Lipinski definition) is 1. The molecule has 4 rings (SSSR count). The Morgan fingerprint density at radius 1 is 1.12 bits per heavy atom. The molecule has 0 aromatic heterocycles. The van der Waals surface area contributed by atoms with E-state index in [0.29, 0.717) is 5.56 Å². The molecule has 174 valence electrons. The molecule has 0 bridgehead atoms. The monoisotopic (exact) mass is 506 g/mol. The molecule has 3 atom stereocenters. The Morgan fingerprint density at radius 2 is 1.91 bits per heavy atom. The zero-order valence-corrected chi connectivity index (χ0v) is 20.3. The lowest BCUT2D eigenvalue weighted by Crippen LogP contribution is -2.17. The Bertz CT molecular complexity index is 1140. The Morgan fingerprint density at radius 3 is 2.67 bits per heavy atom. The molecule has 0 amide bonds. The normalized spacial score (nSPS) is 20.3. The molecule has 0 heterocycles. The number of fused-ring (bicyclic) bond motifs is 1. The first-order valence-corrected chi connectivity index (χ1v) is 12.7. The molecule has 3 aromatic carbocycles. The molecule has 33 heavy (non-hydrogen) atoms. The van der Waals surface area contributed by atoms with E-state index in [1.807, 2.05) is 36.4 Å². The molecule has 7 heteroatoms. The van der Waals surface area contributed by atoms with E-state index in [4.69, 9.17) is 33.0 Å². The molecule has 1 aliphatic carbocycles. The molecule has 1 fully saturated rings. The molecule has 3 aromatic rings. The van der Waals surface area contributed by atoms with Crippen LogP contribution in [0, 0.1) is 5.82 Å². The summed E-state index contributed by atoms with van der Waals surface area (Å²) in [5, 5.41) is 11.6. The first kappa shape index (κ1) is 24.3. The van der Waals surface area contributed by atoms with Crippen LogP contribution in [0.25, 0.3) is 10.8 Å². The third kappa shape index (κ3) is 5.65. The van der Waals surface area contributed by atoms with Crippen molar-refractivity contribution in [2.75, 3.05) is 13.2 Å². The van der Waals surface area contributed by atoms with Crippen LogP contribution in [0.15, 0.2) is 59.5 Å². The highest BCUT2D eigenvalue weighted by molar-refractivity contribution is 8.00. The van der Waals surface area contributed by atoms with Gasteiger partial charge >= 0.3 is 5.97 Å². The minimum atomic E-state index is -0.444. The Hall–Kier alpha value is -1.79. The highest BCUT2D eigenvalue weighted by Crippen LogP contribution is 2.48. The predicted octanol–water partition coefficient (Wildman–Crippen LogP) is 6.75. The van der Waals surface area contributed by atoms with Crippen LogP contribution in [-0.4, -0.2) is 34.9 Å². The number of aryl methyl sites for hydroxylation is 1. The van der Waals surface area contributed by atoms with E-state index in [9.17, 15) is 9.18 Å². The second-order valence-electron chi connectivity index (χ2n) is 8.17. The molecule has 1 N–H and O–H groups in total. The Labute approximate surface area is 207 Å². The fourth-order valence-electron chi connectivity index (χ4n) is 4.38. The Balaban J connectivity index is 1.51. The number of benzene rings is 3. The summed E-state index contributed by atoms with van der Waals surface area (Å²) in [6, 6.07) is 17.3. The summed E-state index contributed by atoms with van der Waals surface area (Å²) in [4.78, 5) is 12.8. The second kappa shape index (κ2) is 11.1. The lowest BCUT2D eigenvalue weighted by molar-refractivity contribution is -0.144. The SMILES string of the molecule is O=C(CCc1ccc([C@H]2CCC(Cl)C2Sc2ccc(Cl)c3ccccc23)cc1F)OCCO. The topological polar surface area (TPSA) is 46.5 Å². The van der Waals surface area contributed by atoms with Crippen LogP contribution in [0.1, 0.15) is 36.3 Å². The number of ether oxygens (including phenoxy) is 1. The van der Waals surface area contributed by atoms with Gasteiger partial charge in [0.05, 0.1) is 6.61 Å². The third-order valence-electron chi connectivity index (χ3n) is 6.06. The van der Waals surface area contributed by atoms with Gasteiger partial charge in [0.1, 0.15) is 12.4 Å². The summed E-state index contributed by atoms with van der Waals surface area (Å²) in [6.07, 6.45) is 2.10. The van der Waals surface area contributed by atoms with Gasteiger partial charge in [-0.3, -0.25) is 4.79 Å². The number of aliphatic hydroxyl groups excluding tert-OH is 1. The van der Waals surface area contributed by atoms with E-state index in [0.717, 1.165) is 39.1 Å². The van der Waals surface area contributed by atoms with Gasteiger partial charge in [0.25, 0.3) is 0 Å². The van der Waals surface area contributed by atoms with Crippen molar-refractivity contribution in [3.63, 3.8) is 0 Å². The smallest absolute Gasteiger partial charge is 0.306 e. The first-order chi connectivity index (χ1) is 16.0. The number of esters is 1. The van der Waals surface area contributed by atoms with Gasteiger partial charge in [-0.15, -0.1) is 23.4 Å². The predicted molar refractivity (Wildman–Crippen MR) is 133 cm³/mol. The largest absolute Gasteiger partial charge is 0.463 e. The van der Waals surface area contributed by atoms with Crippen LogP contribution >= 0.6 is 35.0 Å². The number of aliphatic hydroxyl groups is 1. The van der Waals surface area contributed by atoms with Crippen LogP contribution in [0.4, 0.5) is 4.39 Å². The number of halogens is 3. The summed E-state index contributed by atoms with van der Waals surface area (Å²) in [5.74, 6) is -0.633. The van der Waals surface area contributed by atoms with Crippen molar-refractivity contribution in [2.45, 2.75) is 47.1 Å². The van der Waals surface area contributed by atoms with Gasteiger partial charge in [-0.25, -0.2) is 4.39 Å². The zero-order chi connectivity index (χ0) is 23.4. The number of carbonyl (C=O) groups excluding carboxylic acids is 1. The highest BCUT2D eigenvalue weighted by atomic mass is 35.5. The van der Waals surface area contributed by atoms with E-state index in [2.05, 4.69) is 6.07 Å². The van der Waals surface area contributed by atoms with Crippen molar-refractivity contribution < 1.29 is 19.0 Å². The van der Waals surface area contributed by atoms with Crippen LogP contribution in [0.3, 0.4) is 0 Å². The van der Waals surface area contributed by atoms with E-state index in [-0.39, 0.29) is 48.4 Å². The molecular weight excluding hydrogens is 482 g/mol. The van der Waals surface area contributed by atoms with Gasteiger partial charge in [-0.1, -0.05) is 48.0 Å². The molecule has 1 aliphatic rings. The summed E-state index contributed by atoms with van der Waals surface area (Å²) in [5.41, 5.74) is 1.41. The zero-order valence-electron chi connectivity index (χ0n) is 18.0. The average molecular weight is 507 g/mol. The molecule has 0 spiro atoms. The molecule has 3 nitrogen and oxygen atoms in total. The summed E-state index contributed by atoms with van der Waals surface area (Å²) < 4.78 is 19.7. The van der Waals surface area contributed by atoms with Gasteiger partial charge in [0.2, 0.25) is 0 Å². The maximum Gasteiger partial charge on any atom is 0.306 e. The fourth-order valence-corrected chi connectivity index (χ4v) is 6.55. The maximum absolute atomic E-state index is 14.9. The standard InChI is InChI=1S/C26H25Cl2FO3S/c27-21-10-11-24(20-4-2-1-3-19(20)21)33-26-18(8-9-22(26)28)17-6-5-16(23(29)15-17)7-12-25(31)32-14-13-30/h1-6,10-11,15,18,22,26,30H,7-9,12-14H2/t18-,22?,26?/m1/s1. The van der Waals surface area contributed by atoms with Crippen molar-refractivity contribution in [2.24, 2.45) is 0 Å². The van der Waals surface area contributed by atoms with E-state index in [1.54, 1.807) is 23.9 Å². The van der Waals surface area contributed by atoms with Crippen molar-refractivity contribution in [1.82, 2.24) is 0 Å². The van der Waals surface area contributed by atoms with Gasteiger partial charge in [-0.05, 0) is 59.9 Å². The minimum Gasteiger partial charge on any atom is -0.463 e. The number of carbonyl (C=O) groups is 1. The maximum atomic E-state index is 14.9. The average Bonchev–Trinajstić information content (AvgIpc) is 3.18. The molecule has 0 saturated heterocycles. The highest BCUT2D eigenvalue weighted by Gasteiger charge is 2.37. The quantitative estimate of drug-likeness (QED) is 0.271. The summed E-state index contributed by atoms with van der Waals surface area (Å²) >= 11 is 14.9. The van der Waals surface area contributed by atoms with Crippen molar-refractivity contribution in [3.05, 3.63) is 76.6 Å². The van der Waals surface area contributed by atoms with Gasteiger partial charge in [-0.2, -0.15) is 0 Å². The lowest BCUT2D eigenvalue weighted by Gasteiger charge is -2.23. The first-order valence-electron chi connectivity index (χ1n) is 11.0. The second-order valence-corrected chi connectivity index (χ2v) is 10.4. The van der Waals surface area contributed by atoms with E-state index >= 15 is 0 Å². The Kier molecular flexibility index (Phi) is 8.18. The van der Waals surface area contributed by atoms with Crippen LogP contribution < -0.4 is 0 Å². The summed E-state index contributed by atoms with van der Waals surface area (Å²) in [6.45, 7) is -0.258. The number of thioether (sulfide) groups is 1. The van der Waals surface area contributed by atoms with Crippen LogP contribution in [0.5, 0.6) is 0 Å². The van der Waals surface area contributed by atoms with Gasteiger partial charge < -0.3 is 9.84 Å². The third-order valence-corrected chi connectivity index (χ3v) is 8.57. The van der Waals surface area contributed by atoms with E-state index < -0.39 is 5.97 Å². The van der Waals surface area contributed by atoms with Gasteiger partial charge in [0, 0.05) is 32.4 Å². The molecule has 1 saturated carbocycles. The molecule has 0 aliphatic heterocycles. The molecule has 0 radical (unpaired) electrons. The number of rotatable bonds is 8. The van der Waals surface area contributed by atoms with E-state index in [1.165, 1.54) is 0 Å². The lowest BCUT2D eigenvalue weighted by atomic mass is 9.95. The molecule has 2 unspecified atom stereocenters. The fraction of sp³-hybridized carbons (Fsp3) is 0.346. The van der Waals surface area contributed by atoms with Gasteiger partial charge in [0.15, 0.2) is 0 Å². The summed E-state index contributed by atoms with van der Waals surface area (Å²) in [7, 11) is 0. The van der Waals surface area contributed by atoms with Crippen LogP contribution in [0.2, 0.25) is 5.02 Å². The molecular formula is C26H25Cl2FO3S. The van der Waals surface area contributed by atoms with Crippen molar-refractivity contribution in [1.29, 1.82) is 0 Å². The van der Waals surface area contributed by atoms with Crippen molar-refractivity contribution in [3.8, 4) is 0 Å². The minimum absolute atomic E-state index is 0.0153.